The third kappa shape index (κ3) is 12.9. The van der Waals surface area contributed by atoms with Crippen molar-refractivity contribution in [1.82, 2.24) is 0 Å². The Morgan fingerprint density at radius 2 is 0.592 bits per heavy atom. The maximum Gasteiger partial charge on any atom is 0.422 e. The van der Waals surface area contributed by atoms with Gasteiger partial charge >= 0.3 is 12.4 Å². The molecule has 8 rings (SSSR count). The van der Waals surface area contributed by atoms with Crippen LogP contribution in [0.2, 0.25) is 0 Å². The van der Waals surface area contributed by atoms with Gasteiger partial charge in [0.2, 0.25) is 0 Å². The Balaban J connectivity index is 0.000000209. The van der Waals surface area contributed by atoms with Crippen LogP contribution in [0.4, 0.5) is 52.7 Å². The largest absolute Gasteiger partial charge is 0.422 e. The second kappa shape index (κ2) is 22.7. The fourth-order valence-electron chi connectivity index (χ4n) is 8.81. The molecule has 0 atom stereocenters. The highest BCUT2D eigenvalue weighted by molar-refractivity contribution is 5.89. The predicted molar refractivity (Wildman–Crippen MR) is 260 cm³/mol. The molecule has 0 bridgehead atoms. The predicted octanol–water partition coefficient (Wildman–Crippen LogP) is 19.9. The van der Waals surface area contributed by atoms with Gasteiger partial charge in [0, 0.05) is 11.1 Å². The lowest BCUT2D eigenvalue weighted by Crippen LogP contribution is -2.11. The van der Waals surface area contributed by atoms with Gasteiger partial charge in [0.15, 0.2) is 0 Å². The second-order valence-electron chi connectivity index (χ2n) is 17.8. The van der Waals surface area contributed by atoms with Crippen molar-refractivity contribution in [3.63, 3.8) is 0 Å². The highest BCUT2D eigenvalue weighted by atomic mass is 19.4. The number of halogens is 12. The van der Waals surface area contributed by atoms with E-state index in [2.05, 4.69) is 38.1 Å². The number of hydrogen-bond acceptors (Lipinski definition) is 0. The van der Waals surface area contributed by atoms with Crippen molar-refractivity contribution in [2.45, 2.75) is 96.8 Å². The third-order valence-corrected chi connectivity index (χ3v) is 12.6. The zero-order valence-corrected chi connectivity index (χ0v) is 39.0. The van der Waals surface area contributed by atoms with Gasteiger partial charge in [-0.1, -0.05) is 144 Å². The van der Waals surface area contributed by atoms with Gasteiger partial charge in [-0.05, 0) is 140 Å². The zero-order chi connectivity index (χ0) is 51.0. The molecule has 71 heavy (non-hydrogen) atoms. The molecule has 0 aromatic heterocycles. The van der Waals surface area contributed by atoms with Crippen LogP contribution in [0, 0.1) is 34.9 Å². The van der Waals surface area contributed by atoms with Gasteiger partial charge < -0.3 is 0 Å². The van der Waals surface area contributed by atoms with Gasteiger partial charge in [-0.2, -0.15) is 26.3 Å². The lowest BCUT2D eigenvalue weighted by atomic mass is 9.96. The summed E-state index contributed by atoms with van der Waals surface area (Å²) in [5.41, 5.74) is 0.195. The number of alkyl halides is 6. The van der Waals surface area contributed by atoms with Crippen LogP contribution in [-0.2, 0) is 25.2 Å². The minimum atomic E-state index is -5.18. The van der Waals surface area contributed by atoms with E-state index in [0.29, 0.717) is 35.4 Å². The van der Waals surface area contributed by atoms with Gasteiger partial charge in [0.1, 0.15) is 46.0 Å². The average molecular weight is 987 g/mol. The summed E-state index contributed by atoms with van der Waals surface area (Å²) in [4.78, 5) is 0. The van der Waals surface area contributed by atoms with Gasteiger partial charge in [-0.3, -0.25) is 0 Å². The maximum atomic E-state index is 14.9. The SMILES string of the molecule is CCCCCCCc1ccc2cc(-c3ccc(-c4cc(F)c(C(F)(F)F)c(F)c4)c(F)c3)ccc2c1.CCCCCCc1ccc2cc(-c3ccc(-c4cc(F)c(C(F)(F)F)c(F)c4)c(F)c3)ccc2c1. The number of aryl methyl sites for hydroxylation is 2. The molecule has 12 heteroatoms. The first-order valence-corrected chi connectivity index (χ1v) is 23.6. The Morgan fingerprint density at radius 1 is 0.296 bits per heavy atom. The highest BCUT2D eigenvalue weighted by Crippen LogP contribution is 2.39. The van der Waals surface area contributed by atoms with E-state index in [1.165, 1.54) is 80.3 Å². The Kier molecular flexibility index (Phi) is 16.7. The topological polar surface area (TPSA) is 0 Å². The Bertz CT molecular complexity index is 3100. The molecule has 0 heterocycles. The van der Waals surface area contributed by atoms with Gasteiger partial charge in [-0.15, -0.1) is 0 Å². The van der Waals surface area contributed by atoms with E-state index in [1.54, 1.807) is 12.1 Å². The molecule has 0 N–H and O–H groups in total. The molecule has 0 fully saturated rings. The smallest absolute Gasteiger partial charge is 0.206 e. The number of unbranched alkanes of at least 4 members (excludes halogenated alkanes) is 7. The summed E-state index contributed by atoms with van der Waals surface area (Å²) in [6.07, 6.45) is 2.59. The van der Waals surface area contributed by atoms with Crippen molar-refractivity contribution in [1.29, 1.82) is 0 Å². The molecule has 370 valence electrons. The molecule has 8 aromatic rings. The monoisotopic (exact) mass is 986 g/mol. The molecular formula is C59H50F12. The van der Waals surface area contributed by atoms with E-state index >= 15 is 0 Å². The molecule has 0 nitrogen and oxygen atoms in total. The van der Waals surface area contributed by atoms with Crippen LogP contribution in [0.5, 0.6) is 0 Å². The van der Waals surface area contributed by atoms with Crippen molar-refractivity contribution >= 4 is 21.5 Å². The summed E-state index contributed by atoms with van der Waals surface area (Å²) in [6.45, 7) is 4.38. The molecule has 0 aliphatic heterocycles. The Morgan fingerprint density at radius 3 is 0.944 bits per heavy atom. The number of rotatable bonds is 15. The van der Waals surface area contributed by atoms with E-state index in [-0.39, 0.29) is 22.3 Å². The van der Waals surface area contributed by atoms with E-state index in [9.17, 15) is 52.7 Å². The summed E-state index contributed by atoms with van der Waals surface area (Å²) in [5, 5.41) is 4.15. The molecule has 0 spiro atoms. The van der Waals surface area contributed by atoms with Crippen molar-refractivity contribution in [2.75, 3.05) is 0 Å². The molecule has 0 aliphatic carbocycles. The van der Waals surface area contributed by atoms with Gasteiger partial charge in [0.25, 0.3) is 0 Å². The first-order valence-electron chi connectivity index (χ1n) is 23.6. The summed E-state index contributed by atoms with van der Waals surface area (Å²) in [7, 11) is 0. The zero-order valence-electron chi connectivity index (χ0n) is 39.0. The number of fused-ring (bicyclic) bond motifs is 2. The first kappa shape index (κ1) is 52.3. The van der Waals surface area contributed by atoms with E-state index in [4.69, 9.17) is 0 Å². The fourth-order valence-corrected chi connectivity index (χ4v) is 8.81. The van der Waals surface area contributed by atoms with Crippen LogP contribution in [-0.4, -0.2) is 0 Å². The summed E-state index contributed by atoms with van der Waals surface area (Å²) in [5.74, 6) is -8.70. The van der Waals surface area contributed by atoms with Crippen LogP contribution in [0.25, 0.3) is 66.1 Å². The van der Waals surface area contributed by atoms with Crippen molar-refractivity contribution in [3.8, 4) is 44.5 Å². The molecule has 0 radical (unpaired) electrons. The van der Waals surface area contributed by atoms with E-state index in [1.807, 2.05) is 48.5 Å². The maximum absolute atomic E-state index is 14.9. The van der Waals surface area contributed by atoms with Crippen LogP contribution in [0.3, 0.4) is 0 Å². The van der Waals surface area contributed by atoms with Crippen LogP contribution in [0.15, 0.2) is 133 Å². The highest BCUT2D eigenvalue weighted by Gasteiger charge is 2.39. The van der Waals surface area contributed by atoms with Crippen LogP contribution in [0.1, 0.15) is 93.9 Å². The number of hydrogen-bond donors (Lipinski definition) is 0. The van der Waals surface area contributed by atoms with Crippen molar-refractivity contribution in [2.24, 2.45) is 0 Å². The second-order valence-corrected chi connectivity index (χ2v) is 17.8. The summed E-state index contributed by atoms with van der Waals surface area (Å²) < 4.78 is 163. The summed E-state index contributed by atoms with van der Waals surface area (Å²) >= 11 is 0. The number of benzene rings is 8. The quantitative estimate of drug-likeness (QED) is 0.0709. The molecule has 8 aromatic carbocycles. The Hall–Kier alpha value is -6.56. The lowest BCUT2D eigenvalue weighted by molar-refractivity contribution is -0.143. The van der Waals surface area contributed by atoms with Gasteiger partial charge in [0.05, 0.1) is 0 Å². The Labute approximate surface area is 405 Å². The van der Waals surface area contributed by atoms with E-state index < -0.39 is 58.4 Å². The standard InChI is InChI=1S/C30H26F6.C29H24F6/c1-2-3-4-5-6-7-19-8-9-21-15-22(11-10-20(21)14-19)23-12-13-25(26(31)16-23)24-17-27(32)29(28(33)18-24)30(34,35)36;1-2-3-4-5-6-18-7-8-20-14-21(10-9-19(20)13-18)22-11-12-24(25(30)15-22)23-16-26(31)28(27(32)17-23)29(33,34)35/h8-18H,2-7H2,1H3;7-17H,2-6H2,1H3. The average Bonchev–Trinajstić information content (AvgIpc) is 3.31. The molecule has 0 aliphatic rings. The molecule has 0 saturated heterocycles. The molecular weight excluding hydrogens is 937 g/mol. The van der Waals surface area contributed by atoms with Crippen molar-refractivity contribution < 1.29 is 52.7 Å². The minimum Gasteiger partial charge on any atom is -0.206 e. The molecule has 0 amide bonds. The van der Waals surface area contributed by atoms with Crippen LogP contribution >= 0.6 is 0 Å². The normalized spacial score (nSPS) is 11.9. The van der Waals surface area contributed by atoms with Crippen molar-refractivity contribution in [3.05, 3.63) is 191 Å². The lowest BCUT2D eigenvalue weighted by Gasteiger charge is -2.12. The minimum absolute atomic E-state index is 0.186. The first-order chi connectivity index (χ1) is 33.8. The van der Waals surface area contributed by atoms with E-state index in [0.717, 1.165) is 58.4 Å². The van der Waals surface area contributed by atoms with Crippen LogP contribution < -0.4 is 0 Å². The molecule has 0 unspecified atom stereocenters. The summed E-state index contributed by atoms with van der Waals surface area (Å²) in [6, 6.07) is 34.4. The fraction of sp³-hybridized carbons (Fsp3) is 0.254. The molecule has 0 saturated carbocycles. The third-order valence-electron chi connectivity index (χ3n) is 12.6. The van der Waals surface area contributed by atoms with Gasteiger partial charge in [-0.25, -0.2) is 26.3 Å².